The number of allylic oxidation sites excluding steroid dienone is 4. The molecule has 25 heteroatoms. The standard InChI is InChI=1S/C57H67N9O16/c1-29-11-10-12-30(2)55(74)59-45-46(63-20-18-62(19-21-63)41-26-65(61-60-41)23-36-13-15-37(16-14-36)27-78-38-24-64-25-40(66(75)76)58-56(64)79-28-38)51(72)42-43(50(45)71)49(70)34(6)53-44(42)54(73)57(8,82-53)80-22-17-39(77-9)31(3)52(81-35(7)67)33(5)48(69)32(4)47(29)68/h10-17,22,25-26,29,31-33,38-39,47-48,52,68-70H,18-21,23-24,27-28H2,1-9H3,(H,59,74)/b11-10+,22-17+,30-12-/t29-,31+,32+,33+,38?,39-,47-,48+,52+,57-/m0/s1. The second kappa shape index (κ2) is 23.7. The first-order valence-corrected chi connectivity index (χ1v) is 27.0. The summed E-state index contributed by atoms with van der Waals surface area (Å²) in [5, 5.41) is 57.6. The van der Waals surface area contributed by atoms with E-state index < -0.39 is 111 Å². The van der Waals surface area contributed by atoms with Gasteiger partial charge in [-0.3, -0.25) is 28.5 Å². The average Bonchev–Trinajstić information content (AvgIpc) is 2.78. The van der Waals surface area contributed by atoms with Gasteiger partial charge >= 0.3 is 23.6 Å². The molecule has 1 unspecified atom stereocenters. The number of nitro groups is 1. The lowest BCUT2D eigenvalue weighted by atomic mass is 9.78. The number of Topliss-reactive ketones (excluding diaryl/α,β-unsaturated/α-hetero) is 3. The van der Waals surface area contributed by atoms with E-state index in [9.17, 15) is 44.6 Å². The molecule has 2 aromatic heterocycles. The number of phenolic OH excluding ortho intramolecular Hbond substituents is 1. The predicted molar refractivity (Wildman–Crippen MR) is 290 cm³/mol. The number of aromatic hydroxyl groups is 1. The summed E-state index contributed by atoms with van der Waals surface area (Å²) in [7, 11) is 1.42. The van der Waals surface area contributed by atoms with Gasteiger partial charge in [0.1, 0.15) is 47.9 Å². The molecule has 82 heavy (non-hydrogen) atoms. The molecule has 1 amide bonds. The van der Waals surface area contributed by atoms with Gasteiger partial charge in [-0.2, -0.15) is 0 Å². The zero-order valence-corrected chi connectivity index (χ0v) is 46.9. The van der Waals surface area contributed by atoms with Crippen LogP contribution in [-0.4, -0.2) is 155 Å². The summed E-state index contributed by atoms with van der Waals surface area (Å²) in [5.74, 6) is -9.34. The first-order valence-electron chi connectivity index (χ1n) is 27.0. The molecule has 0 saturated carbocycles. The summed E-state index contributed by atoms with van der Waals surface area (Å²) in [4.78, 5) is 89.7. The molecular weight excluding hydrogens is 1070 g/mol. The molecule has 5 aliphatic heterocycles. The number of hydrogen-bond donors (Lipinski definition) is 4. The van der Waals surface area contributed by atoms with Crippen molar-refractivity contribution in [3.8, 4) is 17.5 Å². The van der Waals surface area contributed by atoms with Gasteiger partial charge in [-0.05, 0) is 36.0 Å². The Labute approximate surface area is 471 Å². The van der Waals surface area contributed by atoms with Gasteiger partial charge in [-0.15, -0.1) is 5.10 Å². The maximum absolute atomic E-state index is 15.3. The number of piperazine rings is 1. The van der Waals surface area contributed by atoms with Crippen molar-refractivity contribution < 1.29 is 72.6 Å². The van der Waals surface area contributed by atoms with E-state index in [0.29, 0.717) is 18.9 Å². The largest absolute Gasteiger partial charge is 0.507 e. The predicted octanol–water partition coefficient (Wildman–Crippen LogP) is 4.50. The SMILES string of the molecule is CO[C@H]1/C=C/O[C@@]2(C)Oc3c(C)c(O)c4c(c3C2=O)C(=O)C(N2CCN(c3cn(Cc5ccc(COC6COc7nc([N+](=O)[O-])cn7C6)cc5)nn3)CC2)=C(NC(=O)/C(C)=C\C=C\[C@H](C)[C@H](O)[C@@H](C)[C@@H](O)[C@@H](C)[C@H](OC(C)=O)[C@@H]1C)C4=O. The number of nitrogens with one attached hydrogen (secondary N) is 1. The zero-order chi connectivity index (χ0) is 59.1. The van der Waals surface area contributed by atoms with Crippen molar-refractivity contribution in [2.24, 2.45) is 23.7 Å². The number of aliphatic hydroxyl groups excluding tert-OH is 2. The van der Waals surface area contributed by atoms with Crippen LogP contribution in [0.25, 0.3) is 0 Å². The van der Waals surface area contributed by atoms with Crippen molar-refractivity contribution in [2.75, 3.05) is 44.8 Å². The van der Waals surface area contributed by atoms with Gasteiger partial charge < -0.3 is 69.0 Å². The van der Waals surface area contributed by atoms with Crippen molar-refractivity contribution in [2.45, 2.75) is 111 Å². The highest BCUT2D eigenvalue weighted by atomic mass is 16.7. The minimum atomic E-state index is -2.14. The van der Waals surface area contributed by atoms with Crippen LogP contribution in [0.3, 0.4) is 0 Å². The number of phenols is 1. The monoisotopic (exact) mass is 1130 g/mol. The Morgan fingerprint density at radius 3 is 2.29 bits per heavy atom. The van der Waals surface area contributed by atoms with Crippen LogP contribution in [0.1, 0.15) is 96.2 Å². The number of benzene rings is 2. The van der Waals surface area contributed by atoms with Gasteiger partial charge in [0, 0.05) is 86.9 Å². The fraction of sp³-hybridized carbons (Fsp3) is 0.474. The van der Waals surface area contributed by atoms with Crippen molar-refractivity contribution in [1.82, 2.24) is 34.8 Å². The fourth-order valence-electron chi connectivity index (χ4n) is 11.0. The highest BCUT2D eigenvalue weighted by Crippen LogP contribution is 2.49. The van der Waals surface area contributed by atoms with Crippen LogP contribution < -0.4 is 19.7 Å². The van der Waals surface area contributed by atoms with Gasteiger partial charge in [0.15, 0.2) is 5.82 Å². The second-order valence-corrected chi connectivity index (χ2v) is 21.6. The Bertz CT molecular complexity index is 3300. The number of methoxy groups -OCH3 is 1. The number of carbonyl (C=O) groups is 5. The third-order valence-electron chi connectivity index (χ3n) is 15.9. The Hall–Kier alpha value is -8.26. The molecule has 4 N–H and O–H groups in total. The van der Waals surface area contributed by atoms with E-state index >= 15 is 4.79 Å². The number of imidazole rings is 1. The molecule has 436 valence electrons. The van der Waals surface area contributed by atoms with Gasteiger partial charge in [-0.25, -0.2) is 4.68 Å². The van der Waals surface area contributed by atoms with Crippen LogP contribution in [0.5, 0.6) is 17.5 Å². The molecule has 1 fully saturated rings. The minimum absolute atomic E-state index is 0.0328. The lowest BCUT2D eigenvalue weighted by Crippen LogP contribution is -2.50. The Morgan fingerprint density at radius 2 is 1.61 bits per heavy atom. The van der Waals surface area contributed by atoms with Crippen LogP contribution in [0.2, 0.25) is 0 Å². The molecule has 25 nitrogen and oxygen atoms in total. The number of nitrogens with zero attached hydrogens (tertiary/aromatic N) is 8. The van der Waals surface area contributed by atoms with Gasteiger partial charge in [0.2, 0.25) is 11.6 Å². The molecule has 0 radical (unpaired) electrons. The van der Waals surface area contributed by atoms with Crippen molar-refractivity contribution in [3.05, 3.63) is 128 Å². The van der Waals surface area contributed by atoms with Crippen LogP contribution >= 0.6 is 0 Å². The number of rotatable bonds is 10. The summed E-state index contributed by atoms with van der Waals surface area (Å²) < 4.78 is 38.7. The van der Waals surface area contributed by atoms with E-state index in [0.717, 1.165) is 11.1 Å². The molecule has 6 aliphatic rings. The molecular formula is C57H67N9O16. The van der Waals surface area contributed by atoms with E-state index in [1.54, 1.807) is 60.2 Å². The maximum atomic E-state index is 15.3. The van der Waals surface area contributed by atoms with Gasteiger partial charge in [0.25, 0.3) is 11.7 Å². The molecule has 7 heterocycles. The summed E-state index contributed by atoms with van der Waals surface area (Å²) >= 11 is 0. The van der Waals surface area contributed by atoms with Crippen molar-refractivity contribution >= 4 is 40.9 Å². The van der Waals surface area contributed by atoms with Crippen LogP contribution in [-0.2, 0) is 48.2 Å². The Kier molecular flexibility index (Phi) is 16.9. The van der Waals surface area contributed by atoms with Gasteiger partial charge in [0.05, 0.1) is 67.2 Å². The van der Waals surface area contributed by atoms with E-state index in [1.807, 2.05) is 29.2 Å². The number of hydrogen-bond acceptors (Lipinski definition) is 21. The van der Waals surface area contributed by atoms with Crippen LogP contribution in [0.4, 0.5) is 11.6 Å². The van der Waals surface area contributed by atoms with E-state index in [4.69, 9.17) is 28.4 Å². The first kappa shape index (κ1) is 58.4. The average molecular weight is 1130 g/mol. The Balaban J connectivity index is 0.960. The lowest BCUT2D eigenvalue weighted by molar-refractivity contribution is -0.389. The van der Waals surface area contributed by atoms with Crippen LogP contribution in [0, 0.1) is 40.7 Å². The third kappa shape index (κ3) is 11.5. The fourth-order valence-corrected chi connectivity index (χ4v) is 11.0. The second-order valence-electron chi connectivity index (χ2n) is 21.6. The minimum Gasteiger partial charge on any atom is -0.507 e. The number of anilines is 1. The van der Waals surface area contributed by atoms with E-state index in [2.05, 4.69) is 20.6 Å². The molecule has 5 bridgehead atoms. The number of esters is 1. The number of amides is 1. The molecule has 4 aromatic rings. The maximum Gasteiger partial charge on any atom is 0.414 e. The highest BCUT2D eigenvalue weighted by molar-refractivity contribution is 6.32. The van der Waals surface area contributed by atoms with Gasteiger partial charge in [-0.1, -0.05) is 75.4 Å². The van der Waals surface area contributed by atoms with Crippen molar-refractivity contribution in [3.63, 3.8) is 0 Å². The highest BCUT2D eigenvalue weighted by Gasteiger charge is 2.53. The molecule has 1 aliphatic carbocycles. The summed E-state index contributed by atoms with van der Waals surface area (Å²) in [5.41, 5.74) is 0.0702. The van der Waals surface area contributed by atoms with E-state index in [1.165, 1.54) is 59.4 Å². The molecule has 10 rings (SSSR count). The molecule has 0 spiro atoms. The smallest absolute Gasteiger partial charge is 0.414 e. The third-order valence-corrected chi connectivity index (χ3v) is 15.9. The molecule has 10 atom stereocenters. The Morgan fingerprint density at radius 1 is 0.915 bits per heavy atom. The first-order chi connectivity index (χ1) is 39.0. The molecule has 1 saturated heterocycles. The summed E-state index contributed by atoms with van der Waals surface area (Å²) in [6, 6.07) is 7.92. The normalized spacial score (nSPS) is 28.5. The number of aliphatic hydroxyl groups is 2. The van der Waals surface area contributed by atoms with Crippen LogP contribution in [0.15, 0.2) is 84.2 Å². The zero-order valence-electron chi connectivity index (χ0n) is 46.9. The summed E-state index contributed by atoms with van der Waals surface area (Å²) in [6.07, 6.45) is 6.02. The number of aromatic nitrogens is 5. The number of ether oxygens (including phenoxy) is 6. The topological polar surface area (TPSA) is 312 Å². The number of fused-ring (bicyclic) bond motifs is 15. The summed E-state index contributed by atoms with van der Waals surface area (Å²) in [6.45, 7) is 14.4. The number of ketones is 3. The van der Waals surface area contributed by atoms with E-state index in [-0.39, 0.29) is 85.5 Å². The quantitative estimate of drug-likeness (QED) is 0.0965. The molecule has 2 aromatic carbocycles. The lowest BCUT2D eigenvalue weighted by Gasteiger charge is -2.38. The van der Waals surface area contributed by atoms with Crippen molar-refractivity contribution in [1.29, 1.82) is 0 Å². The number of carbonyl (C=O) groups excluding carboxylic acids is 5.